The van der Waals surface area contributed by atoms with Crippen LogP contribution in [0.15, 0.2) is 65.3 Å². The van der Waals surface area contributed by atoms with Crippen molar-refractivity contribution in [2.24, 2.45) is 34.2 Å². The third-order valence-electron chi connectivity index (χ3n) is 11.4. The third-order valence-corrected chi connectivity index (χ3v) is 11.4. The standard InChI is InChI=1S/C36H44FN3O6/c1-20(2)14-21(3)18-38-31(44)23-6-8-24(9-7-23)32(45)40-39-26-12-13-33(5)25(16-26)10-11-27-28-15-22(4)36(30(43)19-41)34(28,46-36)17-29(42)35(27,33)37/h6-9,12-13,16,20,22,27-29,41-42H,3,10-11,14-15,17-19H2,1-2,4-5H3,(H,38,44)(H,40,45)/b39-26+/t22-,27+,28+,29+,33+,34-,35+,36+/m1/s1. The summed E-state index contributed by atoms with van der Waals surface area (Å²) in [5.74, 6) is -1.57. The normalized spacial score (nSPS) is 37.8. The summed E-state index contributed by atoms with van der Waals surface area (Å²) in [7, 11) is 0. The molecule has 10 heteroatoms. The predicted octanol–water partition coefficient (Wildman–Crippen LogP) is 4.22. The quantitative estimate of drug-likeness (QED) is 0.183. The highest BCUT2D eigenvalue weighted by molar-refractivity contribution is 6.07. The van der Waals surface area contributed by atoms with Gasteiger partial charge < -0.3 is 20.3 Å². The summed E-state index contributed by atoms with van der Waals surface area (Å²) in [6.07, 6.45) is 6.28. The Labute approximate surface area is 269 Å². The monoisotopic (exact) mass is 633 g/mol. The van der Waals surface area contributed by atoms with E-state index >= 15 is 4.39 Å². The van der Waals surface area contributed by atoms with Crippen molar-refractivity contribution in [1.29, 1.82) is 0 Å². The second-order valence-corrected chi connectivity index (χ2v) is 14.5. The van der Waals surface area contributed by atoms with Gasteiger partial charge in [0.1, 0.15) is 12.2 Å². The van der Waals surface area contributed by atoms with E-state index in [1.54, 1.807) is 49.4 Å². The van der Waals surface area contributed by atoms with Gasteiger partial charge in [-0.1, -0.05) is 44.6 Å². The minimum Gasteiger partial charge on any atom is -0.390 e. The minimum atomic E-state index is -1.99. The smallest absolute Gasteiger partial charge is 0.271 e. The average molecular weight is 634 g/mol. The first-order chi connectivity index (χ1) is 21.7. The molecule has 1 aromatic rings. The van der Waals surface area contributed by atoms with Crippen LogP contribution in [0.25, 0.3) is 0 Å². The number of amides is 2. The number of epoxide rings is 1. The maximum absolute atomic E-state index is 17.5. The van der Waals surface area contributed by atoms with Crippen molar-refractivity contribution in [3.05, 3.63) is 71.3 Å². The molecule has 2 amide bonds. The molecule has 4 N–H and O–H groups in total. The van der Waals surface area contributed by atoms with Crippen LogP contribution in [0.2, 0.25) is 0 Å². The van der Waals surface area contributed by atoms with E-state index in [1.807, 2.05) is 6.92 Å². The van der Waals surface area contributed by atoms with Crippen molar-refractivity contribution in [1.82, 2.24) is 10.7 Å². The van der Waals surface area contributed by atoms with Gasteiger partial charge in [-0.05, 0) is 86.8 Å². The van der Waals surface area contributed by atoms with Crippen LogP contribution >= 0.6 is 0 Å². The number of nitrogens with one attached hydrogen (secondary N) is 2. The SMILES string of the molecule is C=C(CNC(=O)c1ccc(C(=O)N/N=C2\C=C[C@@]3(C)C(=C2)CC[C@H]2[C@@H]4C[C@@H](C)[C@@]5(C(=O)CO)O[C@]45C[C@H](O)[C@@]23F)cc1)CC(C)C. The molecule has 46 heavy (non-hydrogen) atoms. The highest BCUT2D eigenvalue weighted by Gasteiger charge is 2.87. The Morgan fingerprint density at radius 1 is 1.15 bits per heavy atom. The zero-order valence-electron chi connectivity index (χ0n) is 26.9. The van der Waals surface area contributed by atoms with Gasteiger partial charge in [-0.2, -0.15) is 5.10 Å². The minimum absolute atomic E-state index is 0.00232. The molecule has 0 bridgehead atoms. The van der Waals surface area contributed by atoms with E-state index in [-0.39, 0.29) is 29.9 Å². The van der Waals surface area contributed by atoms with Gasteiger partial charge >= 0.3 is 0 Å². The molecule has 3 saturated carbocycles. The van der Waals surface area contributed by atoms with Crippen LogP contribution in [-0.4, -0.2) is 69.6 Å². The maximum atomic E-state index is 17.5. The Bertz CT molecular complexity index is 1570. The van der Waals surface area contributed by atoms with Gasteiger partial charge in [0.2, 0.25) is 0 Å². The van der Waals surface area contributed by atoms with E-state index in [0.29, 0.717) is 48.6 Å². The second-order valence-electron chi connectivity index (χ2n) is 14.5. The van der Waals surface area contributed by atoms with E-state index in [0.717, 1.165) is 17.6 Å². The van der Waals surface area contributed by atoms with Crippen molar-refractivity contribution in [2.75, 3.05) is 13.2 Å². The van der Waals surface area contributed by atoms with Gasteiger partial charge in [0, 0.05) is 35.4 Å². The number of allylic oxidation sites excluding steroid dienone is 4. The number of nitrogens with zero attached hydrogens (tertiary/aromatic N) is 1. The Morgan fingerprint density at radius 2 is 1.83 bits per heavy atom. The van der Waals surface area contributed by atoms with Crippen molar-refractivity contribution in [2.45, 2.75) is 82.8 Å². The largest absolute Gasteiger partial charge is 0.390 e. The van der Waals surface area contributed by atoms with E-state index < -0.39 is 46.8 Å². The number of halogens is 1. The van der Waals surface area contributed by atoms with Gasteiger partial charge in [-0.15, -0.1) is 0 Å². The Balaban J connectivity index is 1.13. The van der Waals surface area contributed by atoms with Crippen LogP contribution in [0, 0.1) is 29.1 Å². The van der Waals surface area contributed by atoms with Crippen LogP contribution in [0.4, 0.5) is 4.39 Å². The number of hydrogen-bond acceptors (Lipinski definition) is 7. The summed E-state index contributed by atoms with van der Waals surface area (Å²) in [4.78, 5) is 38.1. The Kier molecular flexibility index (Phi) is 8.01. The number of carbonyl (C=O) groups is 3. The summed E-state index contributed by atoms with van der Waals surface area (Å²) in [6, 6.07) is 6.27. The highest BCUT2D eigenvalue weighted by Crippen LogP contribution is 2.76. The topological polar surface area (TPSA) is 141 Å². The number of fused-ring (bicyclic) bond motifs is 4. The molecule has 8 atom stereocenters. The first-order valence-corrected chi connectivity index (χ1v) is 16.3. The van der Waals surface area contributed by atoms with Gasteiger partial charge in [-0.25, -0.2) is 9.82 Å². The number of benzene rings is 1. The van der Waals surface area contributed by atoms with Crippen molar-refractivity contribution < 1.29 is 33.7 Å². The van der Waals surface area contributed by atoms with Crippen LogP contribution < -0.4 is 10.7 Å². The number of ketones is 1. The molecule has 1 aliphatic heterocycles. The van der Waals surface area contributed by atoms with Crippen LogP contribution in [0.3, 0.4) is 0 Å². The molecule has 1 heterocycles. The van der Waals surface area contributed by atoms with Gasteiger partial charge in [0.25, 0.3) is 11.8 Å². The number of carbonyl (C=O) groups excluding carboxylic acids is 3. The average Bonchev–Trinajstić information content (AvgIpc) is 3.63. The summed E-state index contributed by atoms with van der Waals surface area (Å²) >= 11 is 0. The van der Waals surface area contributed by atoms with Crippen molar-refractivity contribution in [3.63, 3.8) is 0 Å². The summed E-state index contributed by atoms with van der Waals surface area (Å²) in [5.41, 5.74) is 0.328. The Hall–Kier alpha value is -3.47. The maximum Gasteiger partial charge on any atom is 0.271 e. The molecule has 4 aliphatic carbocycles. The molecule has 6 rings (SSSR count). The molecular weight excluding hydrogens is 589 g/mol. The lowest BCUT2D eigenvalue weighted by atomic mass is 9.48. The molecule has 4 fully saturated rings. The highest BCUT2D eigenvalue weighted by atomic mass is 19.1. The number of aliphatic hydroxyl groups excluding tert-OH is 2. The Morgan fingerprint density at radius 3 is 2.48 bits per heavy atom. The molecule has 5 aliphatic rings. The van der Waals surface area contributed by atoms with Crippen LogP contribution in [-0.2, 0) is 9.53 Å². The van der Waals surface area contributed by atoms with E-state index in [4.69, 9.17) is 4.74 Å². The zero-order chi connectivity index (χ0) is 33.2. The van der Waals surface area contributed by atoms with Crippen LogP contribution in [0.5, 0.6) is 0 Å². The summed E-state index contributed by atoms with van der Waals surface area (Å²) < 4.78 is 23.6. The van der Waals surface area contributed by atoms with E-state index in [9.17, 15) is 24.6 Å². The predicted molar refractivity (Wildman–Crippen MR) is 171 cm³/mol. The molecule has 0 aromatic heterocycles. The molecular formula is C36H44FN3O6. The molecule has 0 unspecified atom stereocenters. The molecule has 1 spiro atoms. The summed E-state index contributed by atoms with van der Waals surface area (Å²) in [6.45, 7) is 11.7. The first-order valence-electron chi connectivity index (χ1n) is 16.3. The number of ether oxygens (including phenoxy) is 1. The number of rotatable bonds is 9. The fourth-order valence-electron chi connectivity index (χ4n) is 9.24. The number of aliphatic hydroxyl groups is 2. The van der Waals surface area contributed by atoms with Gasteiger partial charge in [0.15, 0.2) is 17.1 Å². The molecule has 9 nitrogen and oxygen atoms in total. The lowest BCUT2D eigenvalue weighted by Crippen LogP contribution is -2.66. The van der Waals surface area contributed by atoms with Gasteiger partial charge in [0.05, 0.1) is 11.8 Å². The number of hydrazone groups is 1. The fourth-order valence-corrected chi connectivity index (χ4v) is 9.24. The summed E-state index contributed by atoms with van der Waals surface area (Å²) in [5, 5.41) is 28.2. The van der Waals surface area contributed by atoms with Crippen LogP contribution in [0.1, 0.15) is 80.5 Å². The third kappa shape index (κ3) is 4.66. The zero-order valence-corrected chi connectivity index (χ0v) is 26.9. The lowest BCUT2D eigenvalue weighted by molar-refractivity contribution is -0.179. The number of Topliss-reactive ketones (excluding diaryl/α,β-unsaturated/α-hetero) is 1. The first kappa shape index (κ1) is 32.5. The fraction of sp³-hybridized carbons (Fsp3) is 0.556. The second kappa shape index (κ2) is 11.3. The number of alkyl halides is 1. The van der Waals surface area contributed by atoms with Crippen molar-refractivity contribution in [3.8, 4) is 0 Å². The van der Waals surface area contributed by atoms with Gasteiger partial charge in [-0.3, -0.25) is 14.4 Å². The lowest BCUT2D eigenvalue weighted by Gasteiger charge is -2.59. The molecule has 246 valence electrons. The van der Waals surface area contributed by atoms with E-state index in [1.165, 1.54) is 0 Å². The van der Waals surface area contributed by atoms with E-state index in [2.05, 4.69) is 36.3 Å². The van der Waals surface area contributed by atoms with Crippen molar-refractivity contribution >= 4 is 23.3 Å². The number of hydrogen-bond donors (Lipinski definition) is 4. The molecule has 0 radical (unpaired) electrons. The molecule has 1 saturated heterocycles. The molecule has 1 aromatic carbocycles.